The molecule has 0 amide bonds. The number of hydrogen-bond acceptors (Lipinski definition) is 6. The molecule has 2 aromatic rings. The van der Waals surface area contributed by atoms with Gasteiger partial charge in [0.05, 0.1) is 0 Å². The van der Waals surface area contributed by atoms with Crippen LogP contribution in [0.25, 0.3) is 0 Å². The van der Waals surface area contributed by atoms with Gasteiger partial charge in [-0.2, -0.15) is 0 Å². The van der Waals surface area contributed by atoms with Crippen molar-refractivity contribution in [3.05, 3.63) is 53.1 Å². The average molecular weight is 366 g/mol. The summed E-state index contributed by atoms with van der Waals surface area (Å²) < 4.78 is 29.0. The van der Waals surface area contributed by atoms with E-state index in [0.29, 0.717) is 28.6 Å². The van der Waals surface area contributed by atoms with Crippen LogP contribution in [-0.4, -0.2) is 24.6 Å². The van der Waals surface area contributed by atoms with Crippen LogP contribution in [0.2, 0.25) is 0 Å². The quantitative estimate of drug-likeness (QED) is 0.783. The predicted molar refractivity (Wildman–Crippen MR) is 94.7 cm³/mol. The molecule has 3 atom stereocenters. The zero-order valence-electron chi connectivity index (χ0n) is 14.8. The van der Waals surface area contributed by atoms with Crippen molar-refractivity contribution in [2.45, 2.75) is 31.2 Å². The molecular formula is C21H18O6. The van der Waals surface area contributed by atoms with E-state index < -0.39 is 11.7 Å². The van der Waals surface area contributed by atoms with E-state index in [1.54, 1.807) is 12.1 Å². The predicted octanol–water partition coefficient (Wildman–Crippen LogP) is 3.01. The Bertz CT molecular complexity index is 1010. The molecular weight excluding hydrogens is 348 g/mol. The Morgan fingerprint density at radius 2 is 1.78 bits per heavy atom. The molecule has 0 aromatic heterocycles. The van der Waals surface area contributed by atoms with Gasteiger partial charge in [0.2, 0.25) is 6.79 Å². The fourth-order valence-corrected chi connectivity index (χ4v) is 4.28. The molecule has 6 heteroatoms. The first-order valence-electron chi connectivity index (χ1n) is 8.98. The summed E-state index contributed by atoms with van der Waals surface area (Å²) in [5.41, 5.74) is 2.28. The Morgan fingerprint density at radius 3 is 2.59 bits per heavy atom. The Labute approximate surface area is 155 Å². The van der Waals surface area contributed by atoms with Crippen molar-refractivity contribution in [3.63, 3.8) is 0 Å². The third-order valence-corrected chi connectivity index (χ3v) is 5.77. The molecule has 0 saturated heterocycles. The van der Waals surface area contributed by atoms with Gasteiger partial charge in [0, 0.05) is 29.7 Å². The van der Waals surface area contributed by atoms with Crippen LogP contribution in [0.15, 0.2) is 36.4 Å². The molecule has 6 nitrogen and oxygen atoms in total. The van der Waals surface area contributed by atoms with E-state index in [9.17, 15) is 5.11 Å². The fraction of sp³-hybridized carbons (Fsp3) is 0.333. The van der Waals surface area contributed by atoms with Gasteiger partial charge in [-0.3, -0.25) is 0 Å². The lowest BCUT2D eigenvalue weighted by molar-refractivity contribution is -0.0865. The molecule has 0 aliphatic carbocycles. The lowest BCUT2D eigenvalue weighted by Gasteiger charge is -2.35. The third-order valence-electron chi connectivity index (χ3n) is 5.77. The minimum absolute atomic E-state index is 0.0262. The maximum atomic E-state index is 11.4. The van der Waals surface area contributed by atoms with E-state index >= 15 is 0 Å². The maximum Gasteiger partial charge on any atom is 0.231 e. The maximum absolute atomic E-state index is 11.4. The van der Waals surface area contributed by atoms with Crippen LogP contribution in [0.4, 0.5) is 0 Å². The summed E-state index contributed by atoms with van der Waals surface area (Å²) in [7, 11) is 0. The average Bonchev–Trinajstić information content (AvgIpc) is 3.33. The van der Waals surface area contributed by atoms with E-state index in [1.165, 1.54) is 0 Å². The highest BCUT2D eigenvalue weighted by Gasteiger charge is 2.54. The largest absolute Gasteiger partial charge is 0.489 e. The number of hydrogen-bond donors (Lipinski definition) is 1. The van der Waals surface area contributed by atoms with Crippen LogP contribution in [0.5, 0.6) is 28.7 Å². The number of ether oxygens (including phenoxy) is 5. The van der Waals surface area contributed by atoms with Gasteiger partial charge in [0.25, 0.3) is 0 Å². The van der Waals surface area contributed by atoms with Crippen LogP contribution < -0.4 is 23.7 Å². The highest BCUT2D eigenvalue weighted by atomic mass is 16.7. The summed E-state index contributed by atoms with van der Waals surface area (Å²) in [6.45, 7) is 6.23. The summed E-state index contributed by atoms with van der Waals surface area (Å²) in [6, 6.07) is 7.49. The molecule has 0 spiro atoms. The van der Waals surface area contributed by atoms with Gasteiger partial charge in [-0.1, -0.05) is 6.58 Å². The molecule has 0 fully saturated rings. The number of aliphatic hydroxyl groups is 1. The Hall–Kier alpha value is -2.86. The molecule has 6 rings (SSSR count). The van der Waals surface area contributed by atoms with Gasteiger partial charge < -0.3 is 28.8 Å². The first-order valence-corrected chi connectivity index (χ1v) is 8.98. The number of benzene rings is 2. The highest BCUT2D eigenvalue weighted by Crippen LogP contribution is 2.57. The second-order valence-corrected chi connectivity index (χ2v) is 7.57. The Morgan fingerprint density at radius 1 is 1.00 bits per heavy atom. The molecule has 2 aromatic carbocycles. The minimum atomic E-state index is -1.27. The molecule has 1 N–H and O–H groups in total. The normalized spacial score (nSPS) is 28.2. The molecule has 4 aliphatic heterocycles. The summed E-state index contributed by atoms with van der Waals surface area (Å²) in [5, 5.41) is 11.4. The van der Waals surface area contributed by atoms with E-state index in [1.807, 2.05) is 19.1 Å². The number of fused-ring (bicyclic) bond motifs is 7. The van der Waals surface area contributed by atoms with Crippen molar-refractivity contribution >= 4 is 0 Å². The zero-order chi connectivity index (χ0) is 18.3. The van der Waals surface area contributed by atoms with Crippen molar-refractivity contribution in [2.24, 2.45) is 0 Å². The second-order valence-electron chi connectivity index (χ2n) is 7.57. The topological polar surface area (TPSA) is 66.4 Å². The lowest BCUT2D eigenvalue weighted by Crippen LogP contribution is -2.41. The van der Waals surface area contributed by atoms with Crippen molar-refractivity contribution < 1.29 is 28.8 Å². The zero-order valence-corrected chi connectivity index (χ0v) is 14.8. The van der Waals surface area contributed by atoms with E-state index in [-0.39, 0.29) is 19.5 Å². The van der Waals surface area contributed by atoms with Gasteiger partial charge in [-0.05, 0) is 30.2 Å². The summed E-state index contributed by atoms with van der Waals surface area (Å²) >= 11 is 0. The molecule has 4 heterocycles. The standard InChI is InChI=1S/C21H18O6/c1-10(2)14-4-11-3-12-16(6-15(11)26-14)23-8-21(22)13-5-18-19(25-9-24-18)7-17(13)27-20(12)21/h3,5-7,14,20,22H,1,4,8-9H2,2H3/t14-,20-,21+/m0/s1. The molecule has 0 bridgehead atoms. The van der Waals surface area contributed by atoms with Crippen LogP contribution in [0, 0.1) is 0 Å². The first-order chi connectivity index (χ1) is 13.0. The van der Waals surface area contributed by atoms with E-state index in [4.69, 9.17) is 23.7 Å². The van der Waals surface area contributed by atoms with Gasteiger partial charge in [0.15, 0.2) is 23.2 Å². The molecule has 0 saturated carbocycles. The van der Waals surface area contributed by atoms with Gasteiger partial charge >= 0.3 is 0 Å². The molecule has 0 unspecified atom stereocenters. The Kier molecular flexibility index (Phi) is 2.76. The van der Waals surface area contributed by atoms with E-state index in [0.717, 1.165) is 28.9 Å². The van der Waals surface area contributed by atoms with Crippen molar-refractivity contribution in [1.29, 1.82) is 0 Å². The summed E-state index contributed by atoms with van der Waals surface area (Å²) in [6.07, 6.45) is 0.182. The van der Waals surface area contributed by atoms with Crippen LogP contribution in [0.3, 0.4) is 0 Å². The molecule has 0 radical (unpaired) electrons. The van der Waals surface area contributed by atoms with Crippen molar-refractivity contribution in [1.82, 2.24) is 0 Å². The first kappa shape index (κ1) is 15.2. The van der Waals surface area contributed by atoms with Crippen molar-refractivity contribution in [2.75, 3.05) is 13.4 Å². The third kappa shape index (κ3) is 1.93. The molecule has 27 heavy (non-hydrogen) atoms. The molecule has 138 valence electrons. The van der Waals surface area contributed by atoms with Gasteiger partial charge in [0.1, 0.15) is 30.0 Å². The second kappa shape index (κ2) is 4.89. The van der Waals surface area contributed by atoms with Crippen LogP contribution >= 0.6 is 0 Å². The summed E-state index contributed by atoms with van der Waals surface area (Å²) in [4.78, 5) is 0. The van der Waals surface area contributed by atoms with Crippen LogP contribution in [-0.2, 0) is 12.0 Å². The highest BCUT2D eigenvalue weighted by molar-refractivity contribution is 5.60. The monoisotopic (exact) mass is 366 g/mol. The fourth-order valence-electron chi connectivity index (χ4n) is 4.28. The molecule has 4 aliphatic rings. The van der Waals surface area contributed by atoms with Gasteiger partial charge in [-0.25, -0.2) is 0 Å². The SMILES string of the molecule is C=C(C)[C@@H]1Cc2cc3c(cc2O1)OC[C@@]1(O)c2cc4c(cc2O[C@@H]31)OCO4. The van der Waals surface area contributed by atoms with Crippen LogP contribution in [0.1, 0.15) is 29.7 Å². The van der Waals surface area contributed by atoms with Crippen molar-refractivity contribution in [3.8, 4) is 28.7 Å². The minimum Gasteiger partial charge on any atom is -0.489 e. The van der Waals surface area contributed by atoms with E-state index in [2.05, 4.69) is 6.58 Å². The van der Waals surface area contributed by atoms with Gasteiger partial charge in [-0.15, -0.1) is 0 Å². The Balaban J connectivity index is 1.44. The smallest absolute Gasteiger partial charge is 0.231 e. The lowest BCUT2D eigenvalue weighted by atomic mass is 9.84. The summed E-state index contributed by atoms with van der Waals surface area (Å²) in [5.74, 6) is 3.33. The number of rotatable bonds is 1.